The van der Waals surface area contributed by atoms with Crippen molar-refractivity contribution in [3.05, 3.63) is 23.0 Å². The van der Waals surface area contributed by atoms with Crippen LogP contribution in [0.3, 0.4) is 0 Å². The monoisotopic (exact) mass is 178 g/mol. The maximum absolute atomic E-state index is 11.4. The Morgan fingerprint density at radius 3 is 3.00 bits per heavy atom. The van der Waals surface area contributed by atoms with Gasteiger partial charge < -0.3 is 4.98 Å². The summed E-state index contributed by atoms with van der Waals surface area (Å²) in [6.07, 6.45) is 3.27. The number of aromatic amines is 1. The highest BCUT2D eigenvalue weighted by Gasteiger charge is 2.05. The number of rotatable bonds is 1. The molecule has 2 heterocycles. The normalized spacial score (nSPS) is 11.3. The second kappa shape index (κ2) is 2.69. The summed E-state index contributed by atoms with van der Waals surface area (Å²) in [5, 5.41) is 0. The summed E-state index contributed by atoms with van der Waals surface area (Å²) in [5.41, 5.74) is 1.00. The van der Waals surface area contributed by atoms with Gasteiger partial charge in [-0.3, -0.25) is 4.57 Å². The lowest BCUT2D eigenvalue weighted by atomic mass is 10.4. The highest BCUT2D eigenvalue weighted by Crippen LogP contribution is 2.05. The van der Waals surface area contributed by atoms with Crippen molar-refractivity contribution in [3.63, 3.8) is 0 Å². The lowest BCUT2D eigenvalue weighted by molar-refractivity contribution is 0.568. The predicted molar refractivity (Wildman–Crippen MR) is 48.5 cm³/mol. The van der Waals surface area contributed by atoms with Crippen LogP contribution in [0.1, 0.15) is 19.9 Å². The molecule has 5 heteroatoms. The van der Waals surface area contributed by atoms with Crippen LogP contribution >= 0.6 is 0 Å². The largest absolute Gasteiger partial charge is 0.349 e. The molecule has 0 aromatic carbocycles. The Bertz CT molecular complexity index is 482. The number of hydrogen-bond donors (Lipinski definition) is 1. The summed E-state index contributed by atoms with van der Waals surface area (Å²) in [4.78, 5) is 22.0. The molecule has 2 aromatic heterocycles. The van der Waals surface area contributed by atoms with Gasteiger partial charge in [0.25, 0.3) is 0 Å². The Balaban J connectivity index is 2.77. The van der Waals surface area contributed by atoms with Crippen molar-refractivity contribution >= 4 is 11.2 Å². The second-order valence-electron chi connectivity index (χ2n) is 3.16. The zero-order valence-electron chi connectivity index (χ0n) is 7.48. The number of aromatic nitrogens is 4. The van der Waals surface area contributed by atoms with Gasteiger partial charge in [0, 0.05) is 12.2 Å². The van der Waals surface area contributed by atoms with Crippen molar-refractivity contribution in [2.75, 3.05) is 0 Å². The first-order valence-electron chi connectivity index (χ1n) is 4.11. The molecule has 68 valence electrons. The van der Waals surface area contributed by atoms with Gasteiger partial charge in [0.15, 0.2) is 5.65 Å². The lowest BCUT2D eigenvalue weighted by Gasteiger charge is -2.07. The van der Waals surface area contributed by atoms with E-state index >= 15 is 0 Å². The third-order valence-corrected chi connectivity index (χ3v) is 1.89. The fourth-order valence-corrected chi connectivity index (χ4v) is 1.19. The highest BCUT2D eigenvalue weighted by atomic mass is 16.1. The van der Waals surface area contributed by atoms with Gasteiger partial charge in [-0.1, -0.05) is 0 Å². The molecule has 0 radical (unpaired) electrons. The van der Waals surface area contributed by atoms with E-state index in [2.05, 4.69) is 15.0 Å². The Morgan fingerprint density at radius 2 is 2.31 bits per heavy atom. The Labute approximate surface area is 74.4 Å². The maximum atomic E-state index is 11.4. The maximum Gasteiger partial charge on any atom is 0.349 e. The molecule has 0 bridgehead atoms. The molecule has 0 aliphatic heterocycles. The quantitative estimate of drug-likeness (QED) is 0.699. The Hall–Kier alpha value is -1.65. The number of imidazole rings is 1. The van der Waals surface area contributed by atoms with Crippen molar-refractivity contribution < 1.29 is 0 Å². The van der Waals surface area contributed by atoms with Crippen molar-refractivity contribution in [1.82, 2.24) is 19.5 Å². The van der Waals surface area contributed by atoms with Gasteiger partial charge in [-0.15, -0.1) is 0 Å². The number of hydrogen-bond acceptors (Lipinski definition) is 3. The molecule has 0 spiro atoms. The summed E-state index contributed by atoms with van der Waals surface area (Å²) in [6, 6.07) is 0.118. The van der Waals surface area contributed by atoms with Crippen LogP contribution in [0, 0.1) is 0 Å². The SMILES string of the molecule is CC(C)n1cc2[nH]cnc2nc1=O. The van der Waals surface area contributed by atoms with E-state index in [1.54, 1.807) is 10.8 Å². The summed E-state index contributed by atoms with van der Waals surface area (Å²) < 4.78 is 1.57. The van der Waals surface area contributed by atoms with E-state index in [4.69, 9.17) is 0 Å². The first kappa shape index (κ1) is 7.97. The van der Waals surface area contributed by atoms with Crippen LogP contribution in [0.25, 0.3) is 11.2 Å². The van der Waals surface area contributed by atoms with Crippen LogP contribution in [0.2, 0.25) is 0 Å². The standard InChI is InChI=1S/C8H10N4O/c1-5(2)12-3-6-7(10-4-9-6)11-8(12)13/h3-5H,1-2H3,(H,9,10,11,13). The van der Waals surface area contributed by atoms with Crippen LogP contribution in [0.15, 0.2) is 17.3 Å². The topological polar surface area (TPSA) is 63.6 Å². The van der Waals surface area contributed by atoms with E-state index in [1.165, 1.54) is 6.33 Å². The highest BCUT2D eigenvalue weighted by molar-refractivity contribution is 5.67. The van der Waals surface area contributed by atoms with E-state index in [9.17, 15) is 4.79 Å². The molecule has 0 atom stereocenters. The van der Waals surface area contributed by atoms with Crippen LogP contribution in [-0.4, -0.2) is 19.5 Å². The molecule has 0 saturated heterocycles. The third-order valence-electron chi connectivity index (χ3n) is 1.89. The summed E-state index contributed by atoms with van der Waals surface area (Å²) in [7, 11) is 0. The zero-order valence-corrected chi connectivity index (χ0v) is 7.48. The molecule has 0 amide bonds. The molecule has 0 unspecified atom stereocenters. The van der Waals surface area contributed by atoms with E-state index in [0.29, 0.717) is 5.65 Å². The molecule has 13 heavy (non-hydrogen) atoms. The first-order valence-corrected chi connectivity index (χ1v) is 4.11. The van der Waals surface area contributed by atoms with Gasteiger partial charge in [0.05, 0.1) is 6.33 Å². The van der Waals surface area contributed by atoms with Crippen molar-refractivity contribution in [3.8, 4) is 0 Å². The van der Waals surface area contributed by atoms with Crippen LogP contribution in [-0.2, 0) is 0 Å². The first-order chi connectivity index (χ1) is 6.18. The van der Waals surface area contributed by atoms with E-state index in [-0.39, 0.29) is 11.7 Å². The second-order valence-corrected chi connectivity index (χ2v) is 3.16. The van der Waals surface area contributed by atoms with Gasteiger partial charge in [0.1, 0.15) is 5.52 Å². The molecule has 1 N–H and O–H groups in total. The molecule has 0 saturated carbocycles. The van der Waals surface area contributed by atoms with E-state index in [0.717, 1.165) is 5.52 Å². The predicted octanol–water partition coefficient (Wildman–Crippen LogP) is 0.700. The van der Waals surface area contributed by atoms with Crippen LogP contribution in [0.5, 0.6) is 0 Å². The number of H-pyrrole nitrogens is 1. The van der Waals surface area contributed by atoms with Crippen molar-refractivity contribution in [1.29, 1.82) is 0 Å². The zero-order chi connectivity index (χ0) is 9.42. The summed E-state index contributed by atoms with van der Waals surface area (Å²) >= 11 is 0. The molecule has 0 aliphatic rings. The lowest BCUT2D eigenvalue weighted by Crippen LogP contribution is -2.23. The molecule has 5 nitrogen and oxygen atoms in total. The molecular formula is C8H10N4O. The molecule has 2 aromatic rings. The average molecular weight is 178 g/mol. The van der Waals surface area contributed by atoms with E-state index in [1.807, 2.05) is 13.8 Å². The van der Waals surface area contributed by atoms with Gasteiger partial charge >= 0.3 is 5.69 Å². The molecule has 0 aliphatic carbocycles. The van der Waals surface area contributed by atoms with Crippen LogP contribution < -0.4 is 5.69 Å². The fourth-order valence-electron chi connectivity index (χ4n) is 1.19. The molecule has 2 rings (SSSR count). The van der Waals surface area contributed by atoms with Crippen molar-refractivity contribution in [2.24, 2.45) is 0 Å². The summed E-state index contributed by atoms with van der Waals surface area (Å²) in [5.74, 6) is 0. The Kier molecular flexibility index (Phi) is 1.65. The van der Waals surface area contributed by atoms with Gasteiger partial charge in [0.2, 0.25) is 0 Å². The average Bonchev–Trinajstić information content (AvgIpc) is 2.48. The van der Waals surface area contributed by atoms with Gasteiger partial charge in [-0.05, 0) is 13.8 Å². The molecular weight excluding hydrogens is 168 g/mol. The minimum absolute atomic E-state index is 0.118. The van der Waals surface area contributed by atoms with Crippen LogP contribution in [0.4, 0.5) is 0 Å². The van der Waals surface area contributed by atoms with Gasteiger partial charge in [-0.2, -0.15) is 4.98 Å². The Morgan fingerprint density at radius 1 is 1.54 bits per heavy atom. The number of nitrogens with one attached hydrogen (secondary N) is 1. The summed E-state index contributed by atoms with van der Waals surface area (Å²) in [6.45, 7) is 3.87. The van der Waals surface area contributed by atoms with E-state index < -0.39 is 0 Å². The smallest absolute Gasteiger partial charge is 0.342 e. The fraction of sp³-hybridized carbons (Fsp3) is 0.375. The minimum Gasteiger partial charge on any atom is -0.342 e. The number of nitrogens with zero attached hydrogens (tertiary/aromatic N) is 3. The molecule has 0 fully saturated rings. The number of fused-ring (bicyclic) bond motifs is 1. The van der Waals surface area contributed by atoms with Gasteiger partial charge in [-0.25, -0.2) is 9.78 Å². The minimum atomic E-state index is -0.255. The third kappa shape index (κ3) is 1.22. The van der Waals surface area contributed by atoms with Crippen molar-refractivity contribution in [2.45, 2.75) is 19.9 Å².